The number of nitrogens with zero attached hydrogens (tertiary/aromatic N) is 3. The number of amides is 2. The summed E-state index contributed by atoms with van der Waals surface area (Å²) in [5.41, 5.74) is 1.42. The summed E-state index contributed by atoms with van der Waals surface area (Å²) < 4.78 is 1.73. The number of rotatable bonds is 3. The van der Waals surface area contributed by atoms with Gasteiger partial charge in [-0.2, -0.15) is 5.10 Å². The summed E-state index contributed by atoms with van der Waals surface area (Å²) in [4.78, 5) is 28.8. The fourth-order valence-electron chi connectivity index (χ4n) is 5.48. The molecule has 1 saturated carbocycles. The van der Waals surface area contributed by atoms with Crippen LogP contribution in [0.5, 0.6) is 0 Å². The molecule has 1 aliphatic carbocycles. The smallest absolute Gasteiger partial charge is 0.255 e. The van der Waals surface area contributed by atoms with E-state index < -0.39 is 5.54 Å². The molecule has 3 heterocycles. The normalized spacial score (nSPS) is 25.8. The largest absolute Gasteiger partial charge is 0.341 e. The average Bonchev–Trinajstić information content (AvgIpc) is 3.33. The number of fused-ring (bicyclic) bond motifs is 1. The van der Waals surface area contributed by atoms with E-state index >= 15 is 0 Å². The van der Waals surface area contributed by atoms with E-state index in [1.165, 1.54) is 0 Å². The molecular weight excluding hydrogens is 390 g/mol. The molecule has 1 aromatic rings. The van der Waals surface area contributed by atoms with Gasteiger partial charge in [0.15, 0.2) is 0 Å². The number of carbonyl (C=O) groups is 2. The minimum atomic E-state index is -0.747. The predicted molar refractivity (Wildman–Crippen MR) is 114 cm³/mol. The van der Waals surface area contributed by atoms with Crippen LogP contribution in [0.4, 0.5) is 0 Å². The number of hydrogen-bond acceptors (Lipinski definition) is 4. The maximum absolute atomic E-state index is 13.6. The third kappa shape index (κ3) is 4.04. The summed E-state index contributed by atoms with van der Waals surface area (Å²) in [6.45, 7) is 7.53. The van der Waals surface area contributed by atoms with Crippen molar-refractivity contribution in [1.82, 2.24) is 25.3 Å². The number of halogens is 1. The fraction of sp³-hybridized carbons (Fsp3) is 0.762. The topological polar surface area (TPSA) is 79.3 Å². The number of aromatic nitrogens is 2. The Bertz CT molecular complexity index is 757. The van der Waals surface area contributed by atoms with Crippen LogP contribution in [0.2, 0.25) is 0 Å². The van der Waals surface area contributed by atoms with Gasteiger partial charge in [-0.15, -0.1) is 12.4 Å². The maximum Gasteiger partial charge on any atom is 0.255 e. The lowest BCUT2D eigenvalue weighted by atomic mass is 9.92. The molecule has 0 unspecified atom stereocenters. The van der Waals surface area contributed by atoms with E-state index in [-0.39, 0.29) is 24.2 Å². The molecule has 0 aromatic carbocycles. The van der Waals surface area contributed by atoms with Gasteiger partial charge in [-0.3, -0.25) is 14.3 Å². The molecule has 2 aliphatic heterocycles. The van der Waals surface area contributed by atoms with E-state index in [2.05, 4.69) is 15.7 Å². The molecule has 2 N–H and O–H groups in total. The Morgan fingerprint density at radius 2 is 1.69 bits per heavy atom. The first-order valence-electron chi connectivity index (χ1n) is 10.7. The molecule has 8 heteroatoms. The first kappa shape index (κ1) is 22.1. The van der Waals surface area contributed by atoms with E-state index in [4.69, 9.17) is 0 Å². The van der Waals surface area contributed by atoms with Crippen LogP contribution < -0.4 is 10.6 Å². The molecule has 0 radical (unpaired) electrons. The number of nitrogens with one attached hydrogen (secondary N) is 2. The van der Waals surface area contributed by atoms with E-state index in [1.54, 1.807) is 4.68 Å². The summed E-state index contributed by atoms with van der Waals surface area (Å²) >= 11 is 0. The molecule has 2 amide bonds. The zero-order valence-electron chi connectivity index (χ0n) is 17.8. The molecule has 0 spiro atoms. The molecule has 162 valence electrons. The predicted octanol–water partition coefficient (Wildman–Crippen LogP) is 1.96. The first-order valence-corrected chi connectivity index (χ1v) is 10.7. The monoisotopic (exact) mass is 423 g/mol. The standard InChI is InChI=1S/C21H33N5O2.ClH/c1-14-18(15(2)25(3)24-14)19(27)23-21(8-4-5-9-21)20(28)26-10-6-16-12-22-13-17(16)7-11-26;/h16-17,22H,4-13H2,1-3H3,(H,23,27);1H/t16-,17+;. The lowest BCUT2D eigenvalue weighted by Gasteiger charge is -2.35. The number of hydrogen-bond donors (Lipinski definition) is 2. The molecule has 1 aromatic heterocycles. The van der Waals surface area contributed by atoms with Crippen molar-refractivity contribution in [2.24, 2.45) is 18.9 Å². The van der Waals surface area contributed by atoms with Crippen molar-refractivity contribution in [2.75, 3.05) is 26.2 Å². The Morgan fingerprint density at radius 1 is 1.10 bits per heavy atom. The molecule has 0 bridgehead atoms. The van der Waals surface area contributed by atoms with Crippen molar-refractivity contribution in [2.45, 2.75) is 57.9 Å². The Balaban J connectivity index is 0.00000240. The van der Waals surface area contributed by atoms with E-state index in [0.29, 0.717) is 23.1 Å². The van der Waals surface area contributed by atoms with Gasteiger partial charge in [-0.05, 0) is 64.5 Å². The van der Waals surface area contributed by atoms with Gasteiger partial charge in [-0.1, -0.05) is 12.8 Å². The van der Waals surface area contributed by atoms with Crippen LogP contribution >= 0.6 is 12.4 Å². The second kappa shape index (κ2) is 8.64. The van der Waals surface area contributed by atoms with Crippen LogP contribution in [0, 0.1) is 25.7 Å². The van der Waals surface area contributed by atoms with Crippen molar-refractivity contribution in [3.05, 3.63) is 17.0 Å². The summed E-state index contributed by atoms with van der Waals surface area (Å²) in [5.74, 6) is 1.35. The van der Waals surface area contributed by atoms with Crippen LogP contribution in [0.3, 0.4) is 0 Å². The second-order valence-electron chi connectivity index (χ2n) is 8.96. The minimum absolute atomic E-state index is 0. The molecule has 2 saturated heterocycles. The molecule has 3 fully saturated rings. The molecule has 2 atom stereocenters. The quantitative estimate of drug-likeness (QED) is 0.778. The summed E-state index contributed by atoms with van der Waals surface area (Å²) in [6.07, 6.45) is 5.57. The van der Waals surface area contributed by atoms with Crippen LogP contribution in [-0.4, -0.2) is 58.2 Å². The van der Waals surface area contributed by atoms with Gasteiger partial charge in [0.2, 0.25) is 5.91 Å². The lowest BCUT2D eigenvalue weighted by Crippen LogP contribution is -2.58. The van der Waals surface area contributed by atoms with Crippen molar-refractivity contribution < 1.29 is 9.59 Å². The van der Waals surface area contributed by atoms with Crippen LogP contribution in [0.15, 0.2) is 0 Å². The highest BCUT2D eigenvalue weighted by atomic mass is 35.5. The Kier molecular flexibility index (Phi) is 6.58. The van der Waals surface area contributed by atoms with Crippen molar-refractivity contribution >= 4 is 24.2 Å². The van der Waals surface area contributed by atoms with Gasteiger partial charge in [0.25, 0.3) is 5.91 Å². The zero-order valence-corrected chi connectivity index (χ0v) is 18.6. The van der Waals surface area contributed by atoms with Crippen molar-refractivity contribution in [1.29, 1.82) is 0 Å². The number of aryl methyl sites for hydroxylation is 2. The van der Waals surface area contributed by atoms with Gasteiger partial charge in [0.05, 0.1) is 11.3 Å². The first-order chi connectivity index (χ1) is 13.4. The summed E-state index contributed by atoms with van der Waals surface area (Å²) in [7, 11) is 1.85. The third-order valence-corrected chi connectivity index (χ3v) is 7.26. The minimum Gasteiger partial charge on any atom is -0.341 e. The molecule has 29 heavy (non-hydrogen) atoms. The van der Waals surface area contributed by atoms with Crippen molar-refractivity contribution in [3.8, 4) is 0 Å². The zero-order chi connectivity index (χ0) is 19.9. The average molecular weight is 424 g/mol. The Labute approximate surface area is 179 Å². The van der Waals surface area contributed by atoms with Crippen LogP contribution in [0.25, 0.3) is 0 Å². The van der Waals surface area contributed by atoms with Crippen molar-refractivity contribution in [3.63, 3.8) is 0 Å². The molecular formula is C21H34ClN5O2. The van der Waals surface area contributed by atoms with E-state index in [0.717, 1.165) is 70.4 Å². The number of likely N-dealkylation sites (tertiary alicyclic amines) is 1. The van der Waals surface area contributed by atoms with E-state index in [1.807, 2.05) is 25.8 Å². The highest BCUT2D eigenvalue weighted by Crippen LogP contribution is 2.34. The van der Waals surface area contributed by atoms with Gasteiger partial charge >= 0.3 is 0 Å². The van der Waals surface area contributed by atoms with Gasteiger partial charge in [-0.25, -0.2) is 0 Å². The second-order valence-corrected chi connectivity index (χ2v) is 8.96. The van der Waals surface area contributed by atoms with Crippen LogP contribution in [0.1, 0.15) is 60.3 Å². The number of carbonyl (C=O) groups excluding carboxylic acids is 2. The molecule has 7 nitrogen and oxygen atoms in total. The van der Waals surface area contributed by atoms with Crippen LogP contribution in [-0.2, 0) is 11.8 Å². The van der Waals surface area contributed by atoms with Gasteiger partial charge < -0.3 is 15.5 Å². The molecule has 3 aliphatic rings. The highest BCUT2D eigenvalue weighted by molar-refractivity contribution is 6.00. The highest BCUT2D eigenvalue weighted by Gasteiger charge is 2.46. The molecule has 4 rings (SSSR count). The fourth-order valence-corrected chi connectivity index (χ4v) is 5.48. The third-order valence-electron chi connectivity index (χ3n) is 7.26. The summed E-state index contributed by atoms with van der Waals surface area (Å²) in [6, 6.07) is 0. The Hall–Kier alpha value is -1.60. The Morgan fingerprint density at radius 3 is 2.21 bits per heavy atom. The lowest BCUT2D eigenvalue weighted by molar-refractivity contribution is -0.138. The maximum atomic E-state index is 13.6. The summed E-state index contributed by atoms with van der Waals surface area (Å²) in [5, 5.41) is 11.0. The van der Waals surface area contributed by atoms with Gasteiger partial charge in [0, 0.05) is 25.8 Å². The SMILES string of the molecule is Cc1nn(C)c(C)c1C(=O)NC1(C(=O)N2CC[C@@H]3CNC[C@@H]3CC2)CCCC1.Cl. The van der Waals surface area contributed by atoms with E-state index in [9.17, 15) is 9.59 Å². The van der Waals surface area contributed by atoms with Gasteiger partial charge in [0.1, 0.15) is 5.54 Å².